The smallest absolute Gasteiger partial charge is 0.267 e. The molecule has 3 aromatic rings. The van der Waals surface area contributed by atoms with Crippen molar-refractivity contribution < 1.29 is 22.3 Å². The standard InChI is InChI=1S/C17H17FN6O4S2/c1-11-20-21-22-24(11)14-10-12(2-3-13(14)18)19-17(25)16-15(4-9-29-16)30(26,27)23-5-7-28-8-6-23/h2-4,9-10H,5-8H2,1H3,(H,19,25). The van der Waals surface area contributed by atoms with Gasteiger partial charge in [0.1, 0.15) is 21.3 Å². The minimum Gasteiger partial charge on any atom is -0.379 e. The molecule has 0 radical (unpaired) electrons. The molecule has 4 rings (SSSR count). The van der Waals surface area contributed by atoms with Crippen LogP contribution in [0.4, 0.5) is 10.1 Å². The number of ether oxygens (including phenoxy) is 1. The highest BCUT2D eigenvalue weighted by Gasteiger charge is 2.31. The van der Waals surface area contributed by atoms with Crippen molar-refractivity contribution in [1.29, 1.82) is 0 Å². The lowest BCUT2D eigenvalue weighted by molar-refractivity contribution is 0.0730. The third-order valence-corrected chi connectivity index (χ3v) is 7.46. The van der Waals surface area contributed by atoms with Gasteiger partial charge in [0.25, 0.3) is 5.91 Å². The van der Waals surface area contributed by atoms with Crippen LogP contribution in [0.25, 0.3) is 5.69 Å². The Kier molecular flexibility index (Phi) is 5.60. The van der Waals surface area contributed by atoms with Gasteiger partial charge in [0.05, 0.1) is 13.2 Å². The Morgan fingerprint density at radius 1 is 1.27 bits per heavy atom. The van der Waals surface area contributed by atoms with Crippen LogP contribution in [0.1, 0.15) is 15.5 Å². The van der Waals surface area contributed by atoms with Gasteiger partial charge >= 0.3 is 0 Å². The van der Waals surface area contributed by atoms with Gasteiger partial charge in [0, 0.05) is 18.8 Å². The number of thiophene rings is 1. The monoisotopic (exact) mass is 452 g/mol. The first-order chi connectivity index (χ1) is 14.4. The molecule has 1 N–H and O–H groups in total. The van der Waals surface area contributed by atoms with Crippen LogP contribution >= 0.6 is 11.3 Å². The van der Waals surface area contributed by atoms with Crippen LogP contribution < -0.4 is 5.32 Å². The van der Waals surface area contributed by atoms with Crippen molar-refractivity contribution in [3.8, 4) is 5.69 Å². The van der Waals surface area contributed by atoms with E-state index in [-0.39, 0.29) is 34.2 Å². The number of carbonyl (C=O) groups is 1. The van der Waals surface area contributed by atoms with Gasteiger partial charge in [0.15, 0.2) is 5.82 Å². The summed E-state index contributed by atoms with van der Waals surface area (Å²) in [7, 11) is -3.83. The average molecular weight is 452 g/mol. The molecular weight excluding hydrogens is 435 g/mol. The van der Waals surface area contributed by atoms with Gasteiger partial charge in [-0.15, -0.1) is 16.4 Å². The van der Waals surface area contributed by atoms with E-state index in [1.807, 2.05) is 0 Å². The van der Waals surface area contributed by atoms with Gasteiger partial charge in [0.2, 0.25) is 10.0 Å². The van der Waals surface area contributed by atoms with Gasteiger partial charge < -0.3 is 10.1 Å². The predicted octanol–water partition coefficient (Wildman–Crippen LogP) is 1.44. The summed E-state index contributed by atoms with van der Waals surface area (Å²) in [6, 6.07) is 5.33. The number of hydrogen-bond donors (Lipinski definition) is 1. The first-order valence-electron chi connectivity index (χ1n) is 8.89. The third-order valence-electron chi connectivity index (χ3n) is 4.48. The number of halogens is 1. The summed E-state index contributed by atoms with van der Waals surface area (Å²) in [5.74, 6) is -0.813. The fourth-order valence-electron chi connectivity index (χ4n) is 2.99. The van der Waals surface area contributed by atoms with Crippen LogP contribution in [-0.4, -0.2) is 65.1 Å². The number of morpholine rings is 1. The number of hydrogen-bond acceptors (Lipinski definition) is 8. The molecule has 0 bridgehead atoms. The van der Waals surface area contributed by atoms with E-state index in [0.29, 0.717) is 19.0 Å². The zero-order chi connectivity index (χ0) is 21.3. The number of anilines is 1. The second-order valence-corrected chi connectivity index (χ2v) is 9.21. The van der Waals surface area contributed by atoms with Gasteiger partial charge in [-0.2, -0.15) is 8.99 Å². The molecule has 13 heteroatoms. The van der Waals surface area contributed by atoms with E-state index in [1.54, 1.807) is 12.3 Å². The maximum absolute atomic E-state index is 14.2. The molecule has 1 saturated heterocycles. The van der Waals surface area contributed by atoms with Crippen LogP contribution in [0, 0.1) is 12.7 Å². The van der Waals surface area contributed by atoms with Crippen LogP contribution in [0.2, 0.25) is 0 Å². The maximum Gasteiger partial charge on any atom is 0.267 e. The fourth-order valence-corrected chi connectivity index (χ4v) is 5.69. The number of aromatic nitrogens is 4. The molecule has 1 amide bonds. The van der Waals surface area contributed by atoms with Gasteiger partial charge in [-0.05, 0) is 47.0 Å². The Morgan fingerprint density at radius 2 is 2.03 bits per heavy atom. The summed E-state index contributed by atoms with van der Waals surface area (Å²) < 4.78 is 47.8. The first kappa shape index (κ1) is 20.5. The Bertz CT molecular complexity index is 1190. The van der Waals surface area contributed by atoms with Crippen molar-refractivity contribution in [1.82, 2.24) is 24.5 Å². The topological polar surface area (TPSA) is 119 Å². The summed E-state index contributed by atoms with van der Waals surface area (Å²) in [4.78, 5) is 12.8. The molecule has 30 heavy (non-hydrogen) atoms. The highest BCUT2D eigenvalue weighted by Crippen LogP contribution is 2.27. The van der Waals surface area contributed by atoms with Crippen molar-refractivity contribution in [2.45, 2.75) is 11.8 Å². The number of nitrogens with one attached hydrogen (secondary N) is 1. The summed E-state index contributed by atoms with van der Waals surface area (Å²) in [6.07, 6.45) is 0. The van der Waals surface area contributed by atoms with Gasteiger partial charge in [-0.1, -0.05) is 0 Å². The van der Waals surface area contributed by atoms with Crippen LogP contribution in [0.3, 0.4) is 0 Å². The summed E-state index contributed by atoms with van der Waals surface area (Å²) in [5.41, 5.74) is 0.331. The highest BCUT2D eigenvalue weighted by molar-refractivity contribution is 7.89. The number of benzene rings is 1. The molecule has 0 unspecified atom stereocenters. The number of rotatable bonds is 5. The fraction of sp³-hybridized carbons (Fsp3) is 0.294. The van der Waals surface area contributed by atoms with E-state index in [0.717, 1.165) is 11.3 Å². The SMILES string of the molecule is Cc1nnnn1-c1cc(NC(=O)c2sccc2S(=O)(=O)N2CCOCC2)ccc1F. The van der Waals surface area contributed by atoms with E-state index in [4.69, 9.17) is 4.74 Å². The zero-order valence-electron chi connectivity index (χ0n) is 15.8. The predicted molar refractivity (Wildman–Crippen MR) is 106 cm³/mol. The van der Waals surface area contributed by atoms with E-state index < -0.39 is 21.7 Å². The normalized spacial score (nSPS) is 15.3. The number of sulfonamides is 1. The number of nitrogens with zero attached hydrogens (tertiary/aromatic N) is 5. The van der Waals surface area contributed by atoms with Crippen LogP contribution in [0.5, 0.6) is 0 Å². The quantitative estimate of drug-likeness (QED) is 0.622. The van der Waals surface area contributed by atoms with E-state index in [2.05, 4.69) is 20.8 Å². The van der Waals surface area contributed by atoms with E-state index >= 15 is 0 Å². The molecule has 1 aliphatic heterocycles. The molecule has 3 heterocycles. The molecule has 10 nitrogen and oxygen atoms in total. The number of carbonyl (C=O) groups excluding carboxylic acids is 1. The minimum absolute atomic E-state index is 0.0472. The van der Waals surface area contributed by atoms with Crippen molar-refractivity contribution in [2.75, 3.05) is 31.6 Å². The molecule has 0 atom stereocenters. The second-order valence-electron chi connectivity index (χ2n) is 6.39. The maximum atomic E-state index is 14.2. The van der Waals surface area contributed by atoms with E-state index in [1.165, 1.54) is 33.3 Å². The van der Waals surface area contributed by atoms with Crippen molar-refractivity contribution in [2.24, 2.45) is 0 Å². The molecule has 2 aromatic heterocycles. The van der Waals surface area contributed by atoms with Crippen molar-refractivity contribution in [3.05, 3.63) is 46.2 Å². The number of aryl methyl sites for hydroxylation is 1. The lowest BCUT2D eigenvalue weighted by atomic mass is 10.2. The van der Waals surface area contributed by atoms with Crippen LogP contribution in [0.15, 0.2) is 34.5 Å². The molecule has 0 aliphatic carbocycles. The number of amides is 1. The molecule has 0 saturated carbocycles. The molecule has 1 aliphatic rings. The lowest BCUT2D eigenvalue weighted by Crippen LogP contribution is -2.41. The third kappa shape index (κ3) is 3.84. The summed E-state index contributed by atoms with van der Waals surface area (Å²) >= 11 is 1.01. The number of tetrazole rings is 1. The first-order valence-corrected chi connectivity index (χ1v) is 11.2. The lowest BCUT2D eigenvalue weighted by Gasteiger charge is -2.26. The van der Waals surface area contributed by atoms with Crippen molar-refractivity contribution in [3.63, 3.8) is 0 Å². The molecule has 1 fully saturated rings. The minimum atomic E-state index is -3.83. The molecule has 0 spiro atoms. The molecule has 1 aromatic carbocycles. The largest absolute Gasteiger partial charge is 0.379 e. The highest BCUT2D eigenvalue weighted by atomic mass is 32.2. The summed E-state index contributed by atoms with van der Waals surface area (Å²) in [6.45, 7) is 2.68. The Morgan fingerprint density at radius 3 is 2.73 bits per heavy atom. The second kappa shape index (κ2) is 8.18. The average Bonchev–Trinajstić information content (AvgIpc) is 3.40. The zero-order valence-corrected chi connectivity index (χ0v) is 17.4. The van der Waals surface area contributed by atoms with Gasteiger partial charge in [-0.3, -0.25) is 4.79 Å². The Hall–Kier alpha value is -2.74. The Balaban J connectivity index is 1.60. The molecular formula is C17H17FN6O4S2. The van der Waals surface area contributed by atoms with Crippen molar-refractivity contribution >= 4 is 33.0 Å². The summed E-state index contributed by atoms with van der Waals surface area (Å²) in [5, 5.41) is 15.1. The van der Waals surface area contributed by atoms with E-state index in [9.17, 15) is 17.6 Å². The van der Waals surface area contributed by atoms with Gasteiger partial charge in [-0.25, -0.2) is 12.8 Å². The van der Waals surface area contributed by atoms with Crippen LogP contribution in [-0.2, 0) is 14.8 Å². The Labute approximate surface area is 175 Å². The molecule has 158 valence electrons.